The van der Waals surface area contributed by atoms with Crippen molar-refractivity contribution < 1.29 is 4.79 Å². The van der Waals surface area contributed by atoms with Crippen LogP contribution < -0.4 is 16.0 Å². The van der Waals surface area contributed by atoms with E-state index in [1.165, 1.54) is 0 Å². The summed E-state index contributed by atoms with van der Waals surface area (Å²) in [7, 11) is 1.72. The normalized spacial score (nSPS) is 11.2. The van der Waals surface area contributed by atoms with E-state index in [0.717, 1.165) is 16.8 Å². The van der Waals surface area contributed by atoms with E-state index in [-0.39, 0.29) is 12.5 Å². The lowest BCUT2D eigenvalue weighted by molar-refractivity contribution is -0.116. The van der Waals surface area contributed by atoms with Gasteiger partial charge in [-0.2, -0.15) is 5.10 Å². The number of aliphatic imine (C=N–C) groups is 1. The Morgan fingerprint density at radius 2 is 1.93 bits per heavy atom. The van der Waals surface area contributed by atoms with Gasteiger partial charge < -0.3 is 16.0 Å². The van der Waals surface area contributed by atoms with Gasteiger partial charge in [0, 0.05) is 43.2 Å². The molecule has 0 spiro atoms. The van der Waals surface area contributed by atoms with E-state index in [2.05, 4.69) is 26.0 Å². The van der Waals surface area contributed by atoms with E-state index in [1.807, 2.05) is 48.5 Å². The number of nitrogens with one attached hydrogen (secondary N) is 3. The largest absolute Gasteiger partial charge is 0.352 e. The molecule has 3 aromatic rings. The molecule has 0 bridgehead atoms. The number of anilines is 1. The molecule has 29 heavy (non-hydrogen) atoms. The first-order valence-corrected chi connectivity index (χ1v) is 9.56. The number of amides is 1. The van der Waals surface area contributed by atoms with Gasteiger partial charge in [0.1, 0.15) is 6.54 Å². The number of halogens is 1. The summed E-state index contributed by atoms with van der Waals surface area (Å²) in [6.07, 6.45) is 3.40. The Labute approximate surface area is 174 Å². The highest BCUT2D eigenvalue weighted by Crippen LogP contribution is 2.14. The SMILES string of the molecule is CN=C(NCc1cccc(NC(=O)Cn2cccn2)c1)NCc1ccccc1Cl. The second-order valence-electron chi connectivity index (χ2n) is 6.32. The molecule has 7 nitrogen and oxygen atoms in total. The van der Waals surface area contributed by atoms with E-state index in [4.69, 9.17) is 11.6 Å². The smallest absolute Gasteiger partial charge is 0.246 e. The standard InChI is InChI=1S/C21H23ClN6O/c1-23-21(25-14-17-7-2-3-9-19(17)22)24-13-16-6-4-8-18(12-16)27-20(29)15-28-11-5-10-26-28/h2-12H,13-15H2,1H3,(H,27,29)(H2,23,24,25). The maximum atomic E-state index is 12.1. The van der Waals surface area contributed by atoms with Crippen LogP contribution in [-0.2, 0) is 24.4 Å². The first kappa shape index (κ1) is 20.4. The average molecular weight is 411 g/mol. The van der Waals surface area contributed by atoms with Crippen LogP contribution in [0, 0.1) is 0 Å². The van der Waals surface area contributed by atoms with E-state index < -0.39 is 0 Å². The topological polar surface area (TPSA) is 83.3 Å². The van der Waals surface area contributed by atoms with Crippen LogP contribution in [0.15, 0.2) is 72.0 Å². The van der Waals surface area contributed by atoms with Gasteiger partial charge in [-0.3, -0.25) is 14.5 Å². The van der Waals surface area contributed by atoms with Gasteiger partial charge >= 0.3 is 0 Å². The Hall–Kier alpha value is -3.32. The summed E-state index contributed by atoms with van der Waals surface area (Å²) in [5, 5.41) is 14.1. The Morgan fingerprint density at radius 3 is 2.69 bits per heavy atom. The van der Waals surface area contributed by atoms with E-state index in [1.54, 1.807) is 30.2 Å². The van der Waals surface area contributed by atoms with Gasteiger partial charge in [-0.15, -0.1) is 0 Å². The lowest BCUT2D eigenvalue weighted by Gasteiger charge is -2.13. The highest BCUT2D eigenvalue weighted by atomic mass is 35.5. The van der Waals surface area contributed by atoms with Crippen molar-refractivity contribution in [1.82, 2.24) is 20.4 Å². The third-order valence-electron chi connectivity index (χ3n) is 4.16. The average Bonchev–Trinajstić information content (AvgIpc) is 3.22. The predicted molar refractivity (Wildman–Crippen MR) is 116 cm³/mol. The molecule has 8 heteroatoms. The van der Waals surface area contributed by atoms with Gasteiger partial charge in [0.05, 0.1) is 0 Å². The van der Waals surface area contributed by atoms with Crippen molar-refractivity contribution >= 4 is 29.2 Å². The van der Waals surface area contributed by atoms with Gasteiger partial charge in [-0.25, -0.2) is 0 Å². The molecule has 2 aromatic carbocycles. The number of aromatic nitrogens is 2. The molecule has 0 fully saturated rings. The van der Waals surface area contributed by atoms with Gasteiger partial charge in [0.2, 0.25) is 5.91 Å². The quantitative estimate of drug-likeness (QED) is 0.413. The molecule has 150 valence electrons. The molecule has 0 atom stereocenters. The summed E-state index contributed by atoms with van der Waals surface area (Å²) < 4.78 is 1.58. The zero-order valence-electron chi connectivity index (χ0n) is 16.1. The van der Waals surface area contributed by atoms with Crippen molar-refractivity contribution in [3.05, 3.63) is 83.1 Å². The molecule has 0 aliphatic carbocycles. The van der Waals surface area contributed by atoms with E-state index in [9.17, 15) is 4.79 Å². The first-order valence-electron chi connectivity index (χ1n) is 9.18. The predicted octanol–water partition coefficient (Wildman–Crippen LogP) is 3.04. The number of carbonyl (C=O) groups excluding carboxylic acids is 1. The van der Waals surface area contributed by atoms with Crippen molar-refractivity contribution in [2.45, 2.75) is 19.6 Å². The second kappa shape index (κ2) is 10.3. The minimum absolute atomic E-state index is 0.129. The lowest BCUT2D eigenvalue weighted by atomic mass is 10.2. The van der Waals surface area contributed by atoms with Crippen LogP contribution >= 0.6 is 11.6 Å². The second-order valence-corrected chi connectivity index (χ2v) is 6.73. The minimum atomic E-state index is -0.129. The molecule has 0 unspecified atom stereocenters. The molecule has 3 rings (SSSR count). The number of guanidine groups is 1. The summed E-state index contributed by atoms with van der Waals surface area (Å²) in [5.41, 5.74) is 2.75. The molecule has 0 radical (unpaired) electrons. The summed E-state index contributed by atoms with van der Waals surface area (Å²) >= 11 is 6.19. The van der Waals surface area contributed by atoms with Crippen LogP contribution in [-0.4, -0.2) is 28.7 Å². The Bertz CT molecular complexity index is 971. The molecule has 1 aromatic heterocycles. The van der Waals surface area contributed by atoms with Gasteiger partial charge in [-0.05, 0) is 35.4 Å². The van der Waals surface area contributed by atoms with Crippen LogP contribution in [0.4, 0.5) is 5.69 Å². The zero-order chi connectivity index (χ0) is 20.5. The van der Waals surface area contributed by atoms with Crippen molar-refractivity contribution in [3.8, 4) is 0 Å². The van der Waals surface area contributed by atoms with Crippen LogP contribution in [0.3, 0.4) is 0 Å². The van der Waals surface area contributed by atoms with Crippen LogP contribution in [0.2, 0.25) is 5.02 Å². The van der Waals surface area contributed by atoms with Crippen molar-refractivity contribution in [2.24, 2.45) is 4.99 Å². The molecule has 0 saturated carbocycles. The summed E-state index contributed by atoms with van der Waals surface area (Å²) in [4.78, 5) is 16.4. The number of hydrogen-bond donors (Lipinski definition) is 3. The molecule has 0 aliphatic heterocycles. The summed E-state index contributed by atoms with van der Waals surface area (Å²) in [6, 6.07) is 17.1. The van der Waals surface area contributed by atoms with Gasteiger partial charge in [0.25, 0.3) is 0 Å². The van der Waals surface area contributed by atoms with Crippen LogP contribution in [0.1, 0.15) is 11.1 Å². The third-order valence-corrected chi connectivity index (χ3v) is 4.53. The lowest BCUT2D eigenvalue weighted by Crippen LogP contribution is -2.36. The van der Waals surface area contributed by atoms with Crippen LogP contribution in [0.25, 0.3) is 0 Å². The van der Waals surface area contributed by atoms with E-state index in [0.29, 0.717) is 24.1 Å². The summed E-state index contributed by atoms with van der Waals surface area (Å²) in [5.74, 6) is 0.536. The van der Waals surface area contributed by atoms with Gasteiger partial charge in [0.15, 0.2) is 5.96 Å². The molecular formula is C21H23ClN6O. The minimum Gasteiger partial charge on any atom is -0.352 e. The third kappa shape index (κ3) is 6.36. The fourth-order valence-electron chi connectivity index (χ4n) is 2.73. The molecule has 0 saturated heterocycles. The number of benzene rings is 2. The zero-order valence-corrected chi connectivity index (χ0v) is 16.9. The number of rotatable bonds is 7. The molecule has 3 N–H and O–H groups in total. The van der Waals surface area contributed by atoms with Crippen molar-refractivity contribution in [3.63, 3.8) is 0 Å². The molecule has 1 amide bonds. The fraction of sp³-hybridized carbons (Fsp3) is 0.190. The highest BCUT2D eigenvalue weighted by molar-refractivity contribution is 6.31. The maximum Gasteiger partial charge on any atom is 0.246 e. The molecular weight excluding hydrogens is 388 g/mol. The number of carbonyl (C=O) groups is 1. The molecule has 1 heterocycles. The Kier molecular flexibility index (Phi) is 7.24. The fourth-order valence-corrected chi connectivity index (χ4v) is 2.93. The first-order chi connectivity index (χ1) is 14.1. The van der Waals surface area contributed by atoms with Crippen LogP contribution in [0.5, 0.6) is 0 Å². The van der Waals surface area contributed by atoms with E-state index >= 15 is 0 Å². The van der Waals surface area contributed by atoms with Crippen molar-refractivity contribution in [1.29, 1.82) is 0 Å². The van der Waals surface area contributed by atoms with Gasteiger partial charge in [-0.1, -0.05) is 41.9 Å². The summed E-state index contributed by atoms with van der Waals surface area (Å²) in [6.45, 7) is 1.31. The Morgan fingerprint density at radius 1 is 1.10 bits per heavy atom. The maximum absolute atomic E-state index is 12.1. The van der Waals surface area contributed by atoms with Crippen molar-refractivity contribution in [2.75, 3.05) is 12.4 Å². The Balaban J connectivity index is 1.51. The number of nitrogens with zero attached hydrogens (tertiary/aromatic N) is 3. The highest BCUT2D eigenvalue weighted by Gasteiger charge is 2.05. The monoisotopic (exact) mass is 410 g/mol. The number of hydrogen-bond acceptors (Lipinski definition) is 3. The molecule has 0 aliphatic rings.